The Labute approximate surface area is 366 Å². The van der Waals surface area contributed by atoms with E-state index in [0.29, 0.717) is 5.82 Å². The van der Waals surface area contributed by atoms with E-state index >= 15 is 0 Å². The van der Waals surface area contributed by atoms with Crippen molar-refractivity contribution in [3.63, 3.8) is 0 Å². The Morgan fingerprint density at radius 2 is 0.905 bits per heavy atom. The molecule has 0 saturated carbocycles. The first-order valence-electron chi connectivity index (χ1n) is 21.6. The van der Waals surface area contributed by atoms with Gasteiger partial charge in [-0.15, -0.1) is 0 Å². The molecule has 0 bridgehead atoms. The van der Waals surface area contributed by atoms with E-state index in [4.69, 9.17) is 14.4 Å². The number of hydrogen-bond acceptors (Lipinski definition) is 3. The fourth-order valence-corrected chi connectivity index (χ4v) is 9.77. The standard InChI is InChI=1S/C60H40N2O/c1-60(47-23-9-4-10-24-47)53-29-13-11-25-49(53)50-32-31-42(37-54(50)60)41-21-15-22-43(33-41)55-38-56(62-59(61-55)40-19-7-3-8-20-40)46-35-44(39-17-5-2-6-18-39)34-45(36-46)48-27-16-28-52-51-26-12-14-30-57(51)63-58(48)52/h2-38H,1H3. The van der Waals surface area contributed by atoms with Gasteiger partial charge in [0.25, 0.3) is 0 Å². The first kappa shape index (κ1) is 36.7. The summed E-state index contributed by atoms with van der Waals surface area (Å²) in [6.07, 6.45) is 0. The molecule has 0 radical (unpaired) electrons. The number of aromatic nitrogens is 2. The topological polar surface area (TPSA) is 38.9 Å². The Kier molecular flexibility index (Phi) is 8.62. The third kappa shape index (κ3) is 6.20. The van der Waals surface area contributed by atoms with Gasteiger partial charge in [0.1, 0.15) is 11.2 Å². The minimum atomic E-state index is -0.282. The van der Waals surface area contributed by atoms with Crippen LogP contribution in [0, 0.1) is 0 Å². The van der Waals surface area contributed by atoms with Crippen LogP contribution in [0.2, 0.25) is 0 Å². The summed E-state index contributed by atoms with van der Waals surface area (Å²) in [7, 11) is 0. The van der Waals surface area contributed by atoms with Crippen LogP contribution in [0.4, 0.5) is 0 Å². The van der Waals surface area contributed by atoms with E-state index in [9.17, 15) is 0 Å². The first-order chi connectivity index (χ1) is 31.1. The molecule has 11 aromatic rings. The third-order valence-corrected chi connectivity index (χ3v) is 13.0. The quantitative estimate of drug-likeness (QED) is 0.161. The Balaban J connectivity index is 1.02. The van der Waals surface area contributed by atoms with Crippen LogP contribution in [-0.4, -0.2) is 9.97 Å². The maximum atomic E-state index is 6.58. The highest BCUT2D eigenvalue weighted by Crippen LogP contribution is 2.53. The van der Waals surface area contributed by atoms with Crippen molar-refractivity contribution in [1.29, 1.82) is 0 Å². The number of para-hydroxylation sites is 2. The van der Waals surface area contributed by atoms with E-state index in [0.717, 1.165) is 77.8 Å². The number of benzene rings is 9. The number of fused-ring (bicyclic) bond motifs is 6. The molecule has 2 heterocycles. The van der Waals surface area contributed by atoms with Crippen LogP contribution < -0.4 is 0 Å². The molecule has 0 spiro atoms. The van der Waals surface area contributed by atoms with Crippen molar-refractivity contribution in [2.45, 2.75) is 12.3 Å². The molecule has 2 aromatic heterocycles. The average Bonchev–Trinajstić information content (AvgIpc) is 3.87. The van der Waals surface area contributed by atoms with Crippen molar-refractivity contribution in [3.05, 3.63) is 241 Å². The Morgan fingerprint density at radius 1 is 0.349 bits per heavy atom. The zero-order valence-electron chi connectivity index (χ0n) is 34.7. The summed E-state index contributed by atoms with van der Waals surface area (Å²) in [5.41, 5.74) is 19.3. The van der Waals surface area contributed by atoms with E-state index < -0.39 is 0 Å². The smallest absolute Gasteiger partial charge is 0.160 e. The molecule has 0 N–H and O–H groups in total. The molecule has 0 fully saturated rings. The maximum Gasteiger partial charge on any atom is 0.160 e. The molecule has 9 aromatic carbocycles. The maximum absolute atomic E-state index is 6.58. The van der Waals surface area contributed by atoms with Gasteiger partial charge in [-0.3, -0.25) is 0 Å². The van der Waals surface area contributed by atoms with E-state index in [2.05, 4.69) is 201 Å². The zero-order chi connectivity index (χ0) is 41.9. The summed E-state index contributed by atoms with van der Waals surface area (Å²) in [5, 5.41) is 2.21. The Morgan fingerprint density at radius 3 is 1.73 bits per heavy atom. The summed E-state index contributed by atoms with van der Waals surface area (Å²) >= 11 is 0. The lowest BCUT2D eigenvalue weighted by molar-refractivity contribution is 0.670. The van der Waals surface area contributed by atoms with Crippen molar-refractivity contribution in [3.8, 4) is 78.4 Å². The number of nitrogens with zero attached hydrogens (tertiary/aromatic N) is 2. The molecule has 1 aliphatic rings. The zero-order valence-corrected chi connectivity index (χ0v) is 34.7. The summed E-state index contributed by atoms with van der Waals surface area (Å²) < 4.78 is 6.58. The average molecular weight is 805 g/mol. The van der Waals surface area contributed by atoms with Crippen LogP contribution in [0.1, 0.15) is 23.6 Å². The molecule has 1 atom stereocenters. The second-order valence-electron chi connectivity index (χ2n) is 16.7. The second-order valence-corrected chi connectivity index (χ2v) is 16.7. The predicted octanol–water partition coefficient (Wildman–Crippen LogP) is 15.7. The van der Waals surface area contributed by atoms with Crippen molar-refractivity contribution < 1.29 is 4.42 Å². The van der Waals surface area contributed by atoms with Gasteiger partial charge in [-0.05, 0) is 105 Å². The summed E-state index contributed by atoms with van der Waals surface area (Å²) in [4.78, 5) is 10.6. The van der Waals surface area contributed by atoms with Crippen LogP contribution in [0.5, 0.6) is 0 Å². The molecule has 1 unspecified atom stereocenters. The third-order valence-electron chi connectivity index (χ3n) is 13.0. The molecule has 3 nitrogen and oxygen atoms in total. The number of rotatable bonds is 7. The van der Waals surface area contributed by atoms with E-state index in [1.807, 2.05) is 30.3 Å². The molecule has 1 aliphatic carbocycles. The van der Waals surface area contributed by atoms with Gasteiger partial charge in [0.2, 0.25) is 0 Å². The van der Waals surface area contributed by atoms with Gasteiger partial charge in [-0.2, -0.15) is 0 Å². The minimum Gasteiger partial charge on any atom is -0.455 e. The van der Waals surface area contributed by atoms with Crippen LogP contribution >= 0.6 is 0 Å². The Hall–Kier alpha value is -8.14. The minimum absolute atomic E-state index is 0.282. The molecule has 0 saturated heterocycles. The highest BCUT2D eigenvalue weighted by Gasteiger charge is 2.40. The molecule has 0 amide bonds. The predicted molar refractivity (Wildman–Crippen MR) is 259 cm³/mol. The van der Waals surface area contributed by atoms with Crippen molar-refractivity contribution >= 4 is 21.9 Å². The fourth-order valence-electron chi connectivity index (χ4n) is 9.77. The highest BCUT2D eigenvalue weighted by atomic mass is 16.3. The van der Waals surface area contributed by atoms with Crippen molar-refractivity contribution in [2.24, 2.45) is 0 Å². The van der Waals surface area contributed by atoms with Crippen LogP contribution in [0.3, 0.4) is 0 Å². The van der Waals surface area contributed by atoms with Crippen molar-refractivity contribution in [1.82, 2.24) is 9.97 Å². The lowest BCUT2D eigenvalue weighted by atomic mass is 9.74. The number of furan rings is 1. The van der Waals surface area contributed by atoms with Gasteiger partial charge in [0.05, 0.1) is 11.4 Å². The van der Waals surface area contributed by atoms with Gasteiger partial charge < -0.3 is 4.42 Å². The highest BCUT2D eigenvalue weighted by molar-refractivity contribution is 6.10. The molecule has 0 aliphatic heterocycles. The normalized spacial score (nSPS) is 14.2. The lowest BCUT2D eigenvalue weighted by Crippen LogP contribution is -2.22. The monoisotopic (exact) mass is 804 g/mol. The van der Waals surface area contributed by atoms with E-state index in [1.54, 1.807) is 0 Å². The molecular weight excluding hydrogens is 765 g/mol. The molecule has 296 valence electrons. The first-order valence-corrected chi connectivity index (χ1v) is 21.6. The van der Waals surface area contributed by atoms with Gasteiger partial charge in [-0.25, -0.2) is 9.97 Å². The summed E-state index contributed by atoms with van der Waals surface area (Å²) in [5.74, 6) is 0.675. The van der Waals surface area contributed by atoms with E-state index in [1.165, 1.54) is 33.4 Å². The fraction of sp³-hybridized carbons (Fsp3) is 0.0333. The van der Waals surface area contributed by atoms with Gasteiger partial charge in [-0.1, -0.05) is 182 Å². The molecular formula is C60H40N2O. The van der Waals surface area contributed by atoms with E-state index in [-0.39, 0.29) is 5.41 Å². The second kappa shape index (κ2) is 14.8. The summed E-state index contributed by atoms with van der Waals surface area (Å²) in [6, 6.07) is 80.0. The summed E-state index contributed by atoms with van der Waals surface area (Å²) in [6.45, 7) is 2.37. The molecule has 3 heteroatoms. The van der Waals surface area contributed by atoms with Gasteiger partial charge >= 0.3 is 0 Å². The van der Waals surface area contributed by atoms with Crippen LogP contribution in [-0.2, 0) is 5.41 Å². The van der Waals surface area contributed by atoms with Crippen LogP contribution in [0.25, 0.3) is 100 Å². The van der Waals surface area contributed by atoms with Gasteiger partial charge in [0, 0.05) is 38.4 Å². The largest absolute Gasteiger partial charge is 0.455 e. The SMILES string of the molecule is CC1(c2ccccc2)c2ccccc2-c2ccc(-c3cccc(-c4cc(-c5cc(-c6ccccc6)cc(-c6cccc7c6oc6ccccc67)c5)nc(-c5ccccc5)n4)c3)cc21. The number of hydrogen-bond donors (Lipinski definition) is 0. The van der Waals surface area contributed by atoms with Gasteiger partial charge in [0.15, 0.2) is 5.82 Å². The Bertz CT molecular complexity index is 3520. The van der Waals surface area contributed by atoms with Crippen molar-refractivity contribution in [2.75, 3.05) is 0 Å². The molecule has 63 heavy (non-hydrogen) atoms. The molecule has 12 rings (SSSR count). The lowest BCUT2D eigenvalue weighted by Gasteiger charge is -2.28. The van der Waals surface area contributed by atoms with Crippen LogP contribution in [0.15, 0.2) is 229 Å².